The van der Waals surface area contributed by atoms with Crippen LogP contribution in [-0.4, -0.2) is 43.7 Å². The number of halogens is 1. The summed E-state index contributed by atoms with van der Waals surface area (Å²) in [5.74, 6) is 0.905. The van der Waals surface area contributed by atoms with E-state index in [9.17, 15) is 4.79 Å². The van der Waals surface area contributed by atoms with E-state index in [4.69, 9.17) is 26.8 Å². The molecule has 1 heterocycles. The summed E-state index contributed by atoms with van der Waals surface area (Å²) in [6, 6.07) is 3.43. The van der Waals surface area contributed by atoms with Gasteiger partial charge in [0.2, 0.25) is 0 Å². The molecule has 1 aliphatic heterocycles. The lowest BCUT2D eigenvalue weighted by molar-refractivity contribution is 0.0740. The van der Waals surface area contributed by atoms with Crippen molar-refractivity contribution in [3.63, 3.8) is 0 Å². The molecule has 0 radical (unpaired) electrons. The minimum atomic E-state index is -0.0600. The van der Waals surface area contributed by atoms with Crippen molar-refractivity contribution in [3.05, 3.63) is 22.7 Å². The summed E-state index contributed by atoms with van der Waals surface area (Å²) in [4.78, 5) is 14.5. The molecule has 0 spiro atoms. The van der Waals surface area contributed by atoms with E-state index in [0.717, 1.165) is 25.8 Å². The number of amides is 1. The summed E-state index contributed by atoms with van der Waals surface area (Å²) >= 11 is 6.27. The molecule has 1 saturated heterocycles. The van der Waals surface area contributed by atoms with E-state index in [1.54, 1.807) is 12.1 Å². The Bertz CT molecular complexity index is 536. The Morgan fingerprint density at radius 1 is 1.50 bits per heavy atom. The van der Waals surface area contributed by atoms with E-state index in [-0.39, 0.29) is 11.9 Å². The van der Waals surface area contributed by atoms with Gasteiger partial charge in [0.1, 0.15) is 0 Å². The van der Waals surface area contributed by atoms with E-state index in [1.807, 2.05) is 11.8 Å². The lowest BCUT2D eigenvalue weighted by Gasteiger charge is -2.24. The number of nitrogens with zero attached hydrogens (tertiary/aromatic N) is 1. The molecule has 1 fully saturated rings. The van der Waals surface area contributed by atoms with Gasteiger partial charge in [-0.05, 0) is 31.4 Å². The van der Waals surface area contributed by atoms with Crippen LogP contribution in [0.3, 0.4) is 0 Å². The van der Waals surface area contributed by atoms with Crippen LogP contribution in [0.5, 0.6) is 11.5 Å². The first kappa shape index (κ1) is 16.9. The van der Waals surface area contributed by atoms with Gasteiger partial charge < -0.3 is 20.1 Å². The summed E-state index contributed by atoms with van der Waals surface area (Å²) in [5, 5.41) is 0.389. The van der Waals surface area contributed by atoms with E-state index in [2.05, 4.69) is 0 Å². The zero-order valence-electron chi connectivity index (χ0n) is 13.1. The van der Waals surface area contributed by atoms with Crippen LogP contribution in [0, 0.1) is 0 Å². The third-order valence-electron chi connectivity index (χ3n) is 3.84. The number of nitrogens with two attached hydrogens (primary N) is 1. The monoisotopic (exact) mass is 326 g/mol. The maximum Gasteiger partial charge on any atom is 0.254 e. The molecule has 0 aliphatic carbocycles. The molecule has 1 amide bonds. The normalized spacial score (nSPS) is 17.6. The number of rotatable bonds is 6. The van der Waals surface area contributed by atoms with Crippen LogP contribution in [-0.2, 0) is 0 Å². The number of methoxy groups -OCH3 is 1. The molecule has 0 aromatic heterocycles. The van der Waals surface area contributed by atoms with Crippen LogP contribution in [0.25, 0.3) is 0 Å². The van der Waals surface area contributed by atoms with Gasteiger partial charge in [-0.15, -0.1) is 0 Å². The number of hydrogen-bond donors (Lipinski definition) is 1. The average molecular weight is 327 g/mol. The zero-order chi connectivity index (χ0) is 16.1. The predicted molar refractivity (Wildman–Crippen MR) is 86.9 cm³/mol. The SMILES string of the molecule is CCCOc1c(Cl)cc(C(=O)N2CCCC2CN)cc1OC. The Kier molecular flexibility index (Phi) is 5.91. The zero-order valence-corrected chi connectivity index (χ0v) is 13.9. The van der Waals surface area contributed by atoms with Gasteiger partial charge in [-0.2, -0.15) is 0 Å². The topological polar surface area (TPSA) is 64.8 Å². The summed E-state index contributed by atoms with van der Waals surface area (Å²) in [5.41, 5.74) is 6.25. The van der Waals surface area contributed by atoms with Gasteiger partial charge in [-0.25, -0.2) is 0 Å². The summed E-state index contributed by atoms with van der Waals surface area (Å²) in [6.07, 6.45) is 2.80. The van der Waals surface area contributed by atoms with Crippen molar-refractivity contribution < 1.29 is 14.3 Å². The fourth-order valence-electron chi connectivity index (χ4n) is 2.70. The molecule has 122 valence electrons. The standard InChI is InChI=1S/C16H23ClN2O3/c1-3-7-22-15-13(17)8-11(9-14(15)21-2)16(20)19-6-4-5-12(19)10-18/h8-9,12H,3-7,10,18H2,1-2H3. The largest absolute Gasteiger partial charge is 0.493 e. The summed E-state index contributed by atoms with van der Waals surface area (Å²) in [6.45, 7) is 3.77. The molecule has 1 atom stereocenters. The summed E-state index contributed by atoms with van der Waals surface area (Å²) < 4.78 is 10.9. The second kappa shape index (κ2) is 7.70. The Morgan fingerprint density at radius 2 is 2.27 bits per heavy atom. The lowest BCUT2D eigenvalue weighted by Crippen LogP contribution is -2.39. The van der Waals surface area contributed by atoms with Crippen LogP contribution in [0.15, 0.2) is 12.1 Å². The third-order valence-corrected chi connectivity index (χ3v) is 4.12. The number of likely N-dealkylation sites (tertiary alicyclic amines) is 1. The van der Waals surface area contributed by atoms with Crippen molar-refractivity contribution in [1.82, 2.24) is 4.90 Å². The van der Waals surface area contributed by atoms with Gasteiger partial charge in [0, 0.05) is 24.7 Å². The highest BCUT2D eigenvalue weighted by Gasteiger charge is 2.29. The van der Waals surface area contributed by atoms with Gasteiger partial charge >= 0.3 is 0 Å². The van der Waals surface area contributed by atoms with Gasteiger partial charge in [-0.3, -0.25) is 4.79 Å². The Morgan fingerprint density at radius 3 is 2.91 bits per heavy atom. The fourth-order valence-corrected chi connectivity index (χ4v) is 2.97. The highest BCUT2D eigenvalue weighted by molar-refractivity contribution is 6.32. The summed E-state index contributed by atoms with van der Waals surface area (Å²) in [7, 11) is 1.54. The number of benzene rings is 1. The van der Waals surface area contributed by atoms with Crippen LogP contribution in [0.4, 0.5) is 0 Å². The first-order valence-electron chi connectivity index (χ1n) is 7.63. The molecule has 22 heavy (non-hydrogen) atoms. The Labute approximate surface area is 136 Å². The third kappa shape index (κ3) is 3.47. The van der Waals surface area contributed by atoms with Gasteiger partial charge in [0.25, 0.3) is 5.91 Å². The van der Waals surface area contributed by atoms with Crippen molar-refractivity contribution >= 4 is 17.5 Å². The quantitative estimate of drug-likeness (QED) is 0.873. The molecule has 1 aromatic rings. The second-order valence-electron chi connectivity index (χ2n) is 5.37. The maximum absolute atomic E-state index is 12.7. The molecule has 5 nitrogen and oxygen atoms in total. The van der Waals surface area contributed by atoms with Crippen molar-refractivity contribution in [2.75, 3.05) is 26.8 Å². The number of hydrogen-bond acceptors (Lipinski definition) is 4. The first-order valence-corrected chi connectivity index (χ1v) is 8.01. The molecule has 1 aromatic carbocycles. The minimum Gasteiger partial charge on any atom is -0.493 e. The van der Waals surface area contributed by atoms with E-state index in [1.165, 1.54) is 7.11 Å². The van der Waals surface area contributed by atoms with Crippen LogP contribution < -0.4 is 15.2 Å². The van der Waals surface area contributed by atoms with Gasteiger partial charge in [0.05, 0.1) is 18.7 Å². The number of ether oxygens (including phenoxy) is 2. The molecule has 0 bridgehead atoms. The molecule has 2 N–H and O–H groups in total. The number of carbonyl (C=O) groups excluding carboxylic acids is 1. The predicted octanol–water partition coefficient (Wildman–Crippen LogP) is 2.70. The molecule has 1 unspecified atom stereocenters. The van der Waals surface area contributed by atoms with E-state index >= 15 is 0 Å². The van der Waals surface area contributed by atoms with Crippen molar-refractivity contribution in [1.29, 1.82) is 0 Å². The van der Waals surface area contributed by atoms with Crippen molar-refractivity contribution in [2.45, 2.75) is 32.2 Å². The van der Waals surface area contributed by atoms with Gasteiger partial charge in [0.15, 0.2) is 11.5 Å². The van der Waals surface area contributed by atoms with Crippen LogP contribution >= 0.6 is 11.6 Å². The van der Waals surface area contributed by atoms with E-state index in [0.29, 0.717) is 35.2 Å². The molecular formula is C16H23ClN2O3. The molecule has 6 heteroatoms. The van der Waals surface area contributed by atoms with E-state index < -0.39 is 0 Å². The fraction of sp³-hybridized carbons (Fsp3) is 0.562. The van der Waals surface area contributed by atoms with Crippen LogP contribution in [0.2, 0.25) is 5.02 Å². The highest BCUT2D eigenvalue weighted by Crippen LogP contribution is 2.37. The van der Waals surface area contributed by atoms with Crippen molar-refractivity contribution in [3.8, 4) is 11.5 Å². The second-order valence-corrected chi connectivity index (χ2v) is 5.78. The highest BCUT2D eigenvalue weighted by atomic mass is 35.5. The minimum absolute atomic E-state index is 0.0600. The Hall–Kier alpha value is -1.46. The molecule has 0 saturated carbocycles. The van der Waals surface area contributed by atoms with Crippen LogP contribution in [0.1, 0.15) is 36.5 Å². The smallest absolute Gasteiger partial charge is 0.254 e. The Balaban J connectivity index is 2.28. The maximum atomic E-state index is 12.7. The molecule has 1 aliphatic rings. The molecule has 2 rings (SSSR count). The average Bonchev–Trinajstić information content (AvgIpc) is 3.00. The van der Waals surface area contributed by atoms with Crippen molar-refractivity contribution in [2.24, 2.45) is 5.73 Å². The number of carbonyl (C=O) groups is 1. The molecular weight excluding hydrogens is 304 g/mol. The first-order chi connectivity index (χ1) is 10.6. The lowest BCUT2D eigenvalue weighted by atomic mass is 10.1. The van der Waals surface area contributed by atoms with Gasteiger partial charge in [-0.1, -0.05) is 18.5 Å².